The number of hydrogen-bond donors (Lipinski definition) is 1. The molecule has 1 aliphatic rings. The quantitative estimate of drug-likeness (QED) is 0.589. The van der Waals surface area contributed by atoms with E-state index in [2.05, 4.69) is 15.5 Å². The first kappa shape index (κ1) is 22.0. The fraction of sp³-hybridized carbons (Fsp3) is 0.333. The van der Waals surface area contributed by atoms with Gasteiger partial charge in [0.2, 0.25) is 16.9 Å². The lowest BCUT2D eigenvalue weighted by Gasteiger charge is -2.19. The number of aryl methyl sites for hydroxylation is 4. The maximum absolute atomic E-state index is 12.8. The van der Waals surface area contributed by atoms with Crippen LogP contribution in [0, 0.1) is 19.8 Å². The Labute approximate surface area is 191 Å². The Bertz CT molecular complexity index is 1130. The highest BCUT2D eigenvalue weighted by Gasteiger charge is 2.36. The Hall–Kier alpha value is -3.26. The third-order valence-electron chi connectivity index (χ3n) is 5.63. The van der Waals surface area contributed by atoms with Gasteiger partial charge in [0.05, 0.1) is 13.0 Å². The Morgan fingerprint density at radius 2 is 1.94 bits per heavy atom. The topological polar surface area (TPSA) is 84.4 Å². The molecule has 2 aromatic carbocycles. The number of rotatable bonds is 7. The average Bonchev–Trinajstić information content (AvgIpc) is 3.40. The molecular weight excluding hydrogens is 424 g/mol. The highest BCUT2D eigenvalue weighted by atomic mass is 32.1. The summed E-state index contributed by atoms with van der Waals surface area (Å²) in [6.07, 6.45) is 1.76. The van der Waals surface area contributed by atoms with Gasteiger partial charge in [-0.15, -0.1) is 10.2 Å². The van der Waals surface area contributed by atoms with E-state index in [9.17, 15) is 9.59 Å². The van der Waals surface area contributed by atoms with Crippen molar-refractivity contribution < 1.29 is 14.3 Å². The first-order chi connectivity index (χ1) is 15.4. The Kier molecular flexibility index (Phi) is 6.50. The summed E-state index contributed by atoms with van der Waals surface area (Å²) < 4.78 is 5.18. The average molecular weight is 451 g/mol. The van der Waals surface area contributed by atoms with Crippen LogP contribution in [0.25, 0.3) is 0 Å². The predicted molar refractivity (Wildman–Crippen MR) is 125 cm³/mol. The highest BCUT2D eigenvalue weighted by molar-refractivity contribution is 7.15. The van der Waals surface area contributed by atoms with Gasteiger partial charge in [-0.2, -0.15) is 0 Å². The molecule has 1 aromatic heterocycles. The van der Waals surface area contributed by atoms with Crippen molar-refractivity contribution >= 4 is 34.0 Å². The minimum Gasteiger partial charge on any atom is -0.497 e. The first-order valence-electron chi connectivity index (χ1n) is 10.6. The number of carbonyl (C=O) groups excluding carboxylic acids is 2. The molecule has 32 heavy (non-hydrogen) atoms. The maximum atomic E-state index is 12.8. The van der Waals surface area contributed by atoms with Crippen molar-refractivity contribution in [1.29, 1.82) is 0 Å². The Morgan fingerprint density at radius 1 is 1.16 bits per heavy atom. The second-order valence-corrected chi connectivity index (χ2v) is 9.10. The van der Waals surface area contributed by atoms with E-state index in [-0.39, 0.29) is 18.2 Å². The zero-order chi connectivity index (χ0) is 22.7. The standard InChI is InChI=1S/C24H26N4O3S/c1-15-4-5-16(2)20(12-15)28-14-18(13-22(28)29)23(30)25-24-27-26-21(32-24)11-8-17-6-9-19(31-3)10-7-17/h4-7,9-10,12,18H,8,11,13-14H2,1-3H3,(H,25,27,30). The summed E-state index contributed by atoms with van der Waals surface area (Å²) in [6, 6.07) is 13.9. The molecule has 0 spiro atoms. The molecule has 1 unspecified atom stereocenters. The molecule has 1 N–H and O–H groups in total. The van der Waals surface area contributed by atoms with E-state index in [1.54, 1.807) is 12.0 Å². The van der Waals surface area contributed by atoms with E-state index in [0.717, 1.165) is 40.4 Å². The molecule has 0 saturated carbocycles. The predicted octanol–water partition coefficient (Wildman–Crippen LogP) is 3.94. The van der Waals surface area contributed by atoms with E-state index in [0.29, 0.717) is 11.7 Å². The lowest BCUT2D eigenvalue weighted by atomic mass is 10.1. The largest absolute Gasteiger partial charge is 0.497 e. The van der Waals surface area contributed by atoms with Crippen molar-refractivity contribution in [2.24, 2.45) is 5.92 Å². The van der Waals surface area contributed by atoms with Crippen molar-refractivity contribution in [3.05, 3.63) is 64.2 Å². The fourth-order valence-corrected chi connectivity index (χ4v) is 4.52. The SMILES string of the molecule is COc1ccc(CCc2nnc(NC(=O)C3CC(=O)N(c4cc(C)ccc4C)C3)s2)cc1. The van der Waals surface area contributed by atoms with Crippen molar-refractivity contribution in [1.82, 2.24) is 10.2 Å². The molecule has 2 heterocycles. The summed E-state index contributed by atoms with van der Waals surface area (Å²) in [5.41, 5.74) is 4.17. The number of methoxy groups -OCH3 is 1. The number of nitrogens with zero attached hydrogens (tertiary/aromatic N) is 3. The molecular formula is C24H26N4O3S. The van der Waals surface area contributed by atoms with Gasteiger partial charge in [0, 0.05) is 25.1 Å². The molecule has 4 rings (SSSR count). The van der Waals surface area contributed by atoms with Gasteiger partial charge in [0.1, 0.15) is 10.8 Å². The van der Waals surface area contributed by atoms with Gasteiger partial charge in [-0.25, -0.2) is 0 Å². The summed E-state index contributed by atoms with van der Waals surface area (Å²) in [7, 11) is 1.65. The summed E-state index contributed by atoms with van der Waals surface area (Å²) in [5, 5.41) is 12.5. The molecule has 0 bridgehead atoms. The maximum Gasteiger partial charge on any atom is 0.231 e. The van der Waals surface area contributed by atoms with Crippen LogP contribution < -0.4 is 15.0 Å². The summed E-state index contributed by atoms with van der Waals surface area (Å²) in [6.45, 7) is 4.34. The molecule has 3 aromatic rings. The normalized spacial score (nSPS) is 15.8. The number of carbonyl (C=O) groups is 2. The van der Waals surface area contributed by atoms with E-state index >= 15 is 0 Å². The number of aromatic nitrogens is 2. The second-order valence-electron chi connectivity index (χ2n) is 8.03. The lowest BCUT2D eigenvalue weighted by molar-refractivity contribution is -0.122. The Balaban J connectivity index is 1.33. The van der Waals surface area contributed by atoms with Crippen LogP contribution in [-0.4, -0.2) is 35.7 Å². The van der Waals surface area contributed by atoms with E-state index in [1.807, 2.05) is 56.3 Å². The summed E-state index contributed by atoms with van der Waals surface area (Å²) >= 11 is 1.37. The van der Waals surface area contributed by atoms with Gasteiger partial charge < -0.3 is 15.0 Å². The zero-order valence-electron chi connectivity index (χ0n) is 18.4. The molecule has 2 amide bonds. The third-order valence-corrected chi connectivity index (χ3v) is 6.53. The van der Waals surface area contributed by atoms with Crippen LogP contribution in [0.1, 0.15) is 28.1 Å². The van der Waals surface area contributed by atoms with Crippen molar-refractivity contribution in [2.45, 2.75) is 33.1 Å². The van der Waals surface area contributed by atoms with Gasteiger partial charge in [0.15, 0.2) is 0 Å². The third kappa shape index (κ3) is 4.96. The smallest absolute Gasteiger partial charge is 0.231 e. The molecule has 166 valence electrons. The lowest BCUT2D eigenvalue weighted by Crippen LogP contribution is -2.28. The van der Waals surface area contributed by atoms with Crippen LogP contribution >= 0.6 is 11.3 Å². The van der Waals surface area contributed by atoms with Crippen LogP contribution in [0.3, 0.4) is 0 Å². The summed E-state index contributed by atoms with van der Waals surface area (Å²) in [5.74, 6) is 0.200. The number of nitrogens with one attached hydrogen (secondary N) is 1. The van der Waals surface area contributed by atoms with Gasteiger partial charge in [0.25, 0.3) is 0 Å². The number of benzene rings is 2. The molecule has 1 atom stereocenters. The molecule has 1 saturated heterocycles. The molecule has 1 aliphatic heterocycles. The van der Waals surface area contributed by atoms with Crippen LogP contribution in [-0.2, 0) is 22.4 Å². The van der Waals surface area contributed by atoms with Gasteiger partial charge in [-0.1, -0.05) is 35.6 Å². The fourth-order valence-electron chi connectivity index (χ4n) is 3.78. The van der Waals surface area contributed by atoms with E-state index in [1.165, 1.54) is 16.9 Å². The molecule has 0 aliphatic carbocycles. The molecule has 8 heteroatoms. The monoisotopic (exact) mass is 450 g/mol. The minimum atomic E-state index is -0.408. The molecule has 1 fully saturated rings. The highest BCUT2D eigenvalue weighted by Crippen LogP contribution is 2.29. The summed E-state index contributed by atoms with van der Waals surface area (Å²) in [4.78, 5) is 27.1. The van der Waals surface area contributed by atoms with Gasteiger partial charge in [-0.3, -0.25) is 9.59 Å². The zero-order valence-corrected chi connectivity index (χ0v) is 19.2. The number of hydrogen-bond acceptors (Lipinski definition) is 6. The van der Waals surface area contributed by atoms with Gasteiger partial charge in [-0.05, 0) is 55.2 Å². The van der Waals surface area contributed by atoms with Crippen LogP contribution in [0.15, 0.2) is 42.5 Å². The number of ether oxygens (including phenoxy) is 1. The number of anilines is 2. The van der Waals surface area contributed by atoms with Crippen LogP contribution in [0.4, 0.5) is 10.8 Å². The van der Waals surface area contributed by atoms with Crippen molar-refractivity contribution in [3.8, 4) is 5.75 Å². The van der Waals surface area contributed by atoms with Crippen molar-refractivity contribution in [3.63, 3.8) is 0 Å². The number of amides is 2. The van der Waals surface area contributed by atoms with E-state index in [4.69, 9.17) is 4.74 Å². The molecule has 0 radical (unpaired) electrons. The van der Waals surface area contributed by atoms with Gasteiger partial charge >= 0.3 is 0 Å². The van der Waals surface area contributed by atoms with Crippen LogP contribution in [0.2, 0.25) is 0 Å². The van der Waals surface area contributed by atoms with Crippen LogP contribution in [0.5, 0.6) is 5.75 Å². The molecule has 7 nitrogen and oxygen atoms in total. The minimum absolute atomic E-state index is 0.0312. The van der Waals surface area contributed by atoms with E-state index < -0.39 is 5.92 Å². The van der Waals surface area contributed by atoms with Crippen molar-refractivity contribution in [2.75, 3.05) is 23.9 Å². The first-order valence-corrected chi connectivity index (χ1v) is 11.4. The Morgan fingerprint density at radius 3 is 2.69 bits per heavy atom. The second kappa shape index (κ2) is 9.48.